The Morgan fingerprint density at radius 2 is 0.385 bits per heavy atom. The minimum absolute atomic E-state index is 0.0325. The van der Waals surface area contributed by atoms with E-state index in [4.69, 9.17) is 0 Å². The zero-order chi connectivity index (χ0) is 35.0. The molecule has 0 saturated heterocycles. The summed E-state index contributed by atoms with van der Waals surface area (Å²) < 4.78 is 0. The summed E-state index contributed by atoms with van der Waals surface area (Å²) >= 11 is 0. The van der Waals surface area contributed by atoms with Gasteiger partial charge in [-0.3, -0.25) is 0 Å². The van der Waals surface area contributed by atoms with Crippen LogP contribution in [-0.2, 0) is 13.2 Å². The second kappa shape index (κ2) is 13.4. The second-order valence-corrected chi connectivity index (χ2v) is 13.5. The van der Waals surface area contributed by atoms with Crippen molar-refractivity contribution in [2.45, 2.75) is 13.2 Å². The van der Waals surface area contributed by atoms with Crippen molar-refractivity contribution in [3.8, 4) is 89.0 Å². The number of hydrogen-bond acceptors (Lipinski definition) is 2. The first-order valence-electron chi connectivity index (χ1n) is 17.7. The van der Waals surface area contributed by atoms with Gasteiger partial charge in [-0.2, -0.15) is 0 Å². The van der Waals surface area contributed by atoms with Crippen LogP contribution in [0.25, 0.3) is 89.0 Å². The van der Waals surface area contributed by atoms with Crippen molar-refractivity contribution in [3.63, 3.8) is 0 Å². The fraction of sp³-hybridized carbons (Fsp3) is 0.0400. The molecule has 16 bridgehead atoms. The number of aliphatic hydroxyl groups is 2. The average molecular weight is 669 g/mol. The Kier molecular flexibility index (Phi) is 8.17. The summed E-state index contributed by atoms with van der Waals surface area (Å²) in [7, 11) is 0. The monoisotopic (exact) mass is 668 g/mol. The maximum absolute atomic E-state index is 10.4. The molecule has 0 aliphatic heterocycles. The Bertz CT molecular complexity index is 2330. The fourth-order valence-corrected chi connectivity index (χ4v) is 7.48. The van der Waals surface area contributed by atoms with E-state index in [1.165, 1.54) is 0 Å². The minimum atomic E-state index is -0.0325. The smallest absolute Gasteiger partial charge is 0.0688 e. The summed E-state index contributed by atoms with van der Waals surface area (Å²) in [4.78, 5) is 0. The lowest BCUT2D eigenvalue weighted by atomic mass is 9.92. The van der Waals surface area contributed by atoms with Crippen LogP contribution in [0, 0.1) is 0 Å². The van der Waals surface area contributed by atoms with Crippen LogP contribution < -0.4 is 0 Å². The zero-order valence-corrected chi connectivity index (χ0v) is 28.6. The summed E-state index contributed by atoms with van der Waals surface area (Å²) in [5.41, 5.74) is 19.7. The highest BCUT2D eigenvalue weighted by molar-refractivity contribution is 5.80. The molecule has 22 aliphatic rings. The van der Waals surface area contributed by atoms with E-state index in [2.05, 4.69) is 182 Å². The van der Waals surface area contributed by atoms with Gasteiger partial charge in [-0.15, -0.1) is 0 Å². The van der Waals surface area contributed by atoms with E-state index in [-0.39, 0.29) is 13.2 Å². The molecule has 8 aromatic carbocycles. The highest BCUT2D eigenvalue weighted by atomic mass is 16.3. The van der Waals surface area contributed by atoms with Gasteiger partial charge in [0.25, 0.3) is 0 Å². The molecule has 0 radical (unpaired) electrons. The zero-order valence-electron chi connectivity index (χ0n) is 28.6. The van der Waals surface area contributed by atoms with E-state index in [9.17, 15) is 10.2 Å². The van der Waals surface area contributed by atoms with Gasteiger partial charge < -0.3 is 10.2 Å². The SMILES string of the molecule is OCc1cc2ccc1-c1ccc(cc1)-c1ccc(cc1)-c1ccc(cc1)-c1ccc(cc1CO)-c1ccc(cc1)-c1ccc(cc1)-c1ccc-2cc1. The van der Waals surface area contributed by atoms with Crippen LogP contribution in [0.15, 0.2) is 182 Å². The van der Waals surface area contributed by atoms with E-state index in [1.807, 2.05) is 0 Å². The molecular weight excluding hydrogens is 633 g/mol. The van der Waals surface area contributed by atoms with Crippen LogP contribution in [0.4, 0.5) is 0 Å². The number of rotatable bonds is 2. The summed E-state index contributed by atoms with van der Waals surface area (Å²) in [6.45, 7) is -0.0649. The maximum Gasteiger partial charge on any atom is 0.0688 e. The van der Waals surface area contributed by atoms with Gasteiger partial charge in [0.15, 0.2) is 0 Å². The molecule has 22 aliphatic carbocycles. The topological polar surface area (TPSA) is 40.5 Å². The normalized spacial score (nSPS) is 11.4. The van der Waals surface area contributed by atoms with Gasteiger partial charge in [-0.25, -0.2) is 0 Å². The highest BCUT2D eigenvalue weighted by Crippen LogP contribution is 2.35. The van der Waals surface area contributed by atoms with Crippen LogP contribution >= 0.6 is 0 Å². The molecule has 2 nitrogen and oxygen atoms in total. The van der Waals surface area contributed by atoms with E-state index >= 15 is 0 Å². The number of aliphatic hydroxyl groups excluding tert-OH is 2. The Hall–Kier alpha value is -6.32. The molecule has 0 spiro atoms. The van der Waals surface area contributed by atoms with Gasteiger partial charge in [-0.05, 0) is 112 Å². The summed E-state index contributed by atoms with van der Waals surface area (Å²) in [6.07, 6.45) is 0. The van der Waals surface area contributed by atoms with E-state index < -0.39 is 0 Å². The summed E-state index contributed by atoms with van der Waals surface area (Å²) in [5.74, 6) is 0. The predicted molar refractivity (Wildman–Crippen MR) is 215 cm³/mol. The maximum atomic E-state index is 10.4. The Morgan fingerprint density at radius 3 is 0.596 bits per heavy atom. The third-order valence-electron chi connectivity index (χ3n) is 10.5. The number of benzene rings is 8. The first kappa shape index (κ1) is 31.6. The van der Waals surface area contributed by atoms with Gasteiger partial charge in [-0.1, -0.05) is 170 Å². The van der Waals surface area contributed by atoms with Crippen molar-refractivity contribution in [2.24, 2.45) is 0 Å². The third kappa shape index (κ3) is 5.95. The van der Waals surface area contributed by atoms with Crippen molar-refractivity contribution in [2.75, 3.05) is 0 Å². The van der Waals surface area contributed by atoms with Gasteiger partial charge in [0.05, 0.1) is 13.2 Å². The van der Waals surface area contributed by atoms with E-state index in [1.54, 1.807) is 0 Å². The van der Waals surface area contributed by atoms with Gasteiger partial charge in [0, 0.05) is 0 Å². The standard InChI is InChI=1S/C50H36O2/c51-31-47-29-45-25-27-49(47)43-21-17-39(18-22-43)35-5-7-36(8-6-35)40-19-23-44(24-20-40)50-28-26-46(30-48(50)32-52)42-15-11-38(12-16-42)34-2-1-33(3-4-34)37-9-13-41(45)14-10-37/h1-30,51-52H,31-32H2. The van der Waals surface area contributed by atoms with E-state index in [0.29, 0.717) is 0 Å². The second-order valence-electron chi connectivity index (χ2n) is 13.5. The summed E-state index contributed by atoms with van der Waals surface area (Å²) in [6, 6.07) is 64.6. The van der Waals surface area contributed by atoms with Gasteiger partial charge in [0.2, 0.25) is 0 Å². The molecule has 2 heteroatoms. The molecule has 0 heterocycles. The molecule has 8 aromatic rings. The van der Waals surface area contributed by atoms with Crippen molar-refractivity contribution in [1.82, 2.24) is 0 Å². The van der Waals surface area contributed by atoms with Crippen LogP contribution in [0.3, 0.4) is 0 Å². The lowest BCUT2D eigenvalue weighted by Crippen LogP contribution is -1.92. The molecule has 52 heavy (non-hydrogen) atoms. The van der Waals surface area contributed by atoms with Crippen molar-refractivity contribution < 1.29 is 10.2 Å². The molecule has 0 unspecified atom stereocenters. The van der Waals surface area contributed by atoms with E-state index in [0.717, 1.165) is 100 Å². The van der Waals surface area contributed by atoms with Gasteiger partial charge in [0.1, 0.15) is 0 Å². The Labute approximate surface area is 304 Å². The third-order valence-corrected chi connectivity index (χ3v) is 10.5. The predicted octanol–water partition coefficient (Wildman–Crippen LogP) is 12.3. The summed E-state index contributed by atoms with van der Waals surface area (Å²) in [5, 5.41) is 20.8. The molecule has 248 valence electrons. The quantitative estimate of drug-likeness (QED) is 0.192. The molecular formula is C50H36O2. The van der Waals surface area contributed by atoms with Crippen LogP contribution in [-0.4, -0.2) is 10.2 Å². The van der Waals surface area contributed by atoms with Crippen molar-refractivity contribution in [1.29, 1.82) is 0 Å². The lowest BCUT2D eigenvalue weighted by molar-refractivity contribution is 0.282. The van der Waals surface area contributed by atoms with Crippen molar-refractivity contribution in [3.05, 3.63) is 193 Å². The molecule has 0 amide bonds. The first-order chi connectivity index (χ1) is 25.6. The van der Waals surface area contributed by atoms with Crippen LogP contribution in [0.2, 0.25) is 0 Å². The molecule has 0 aromatic heterocycles. The fourth-order valence-electron chi connectivity index (χ4n) is 7.48. The molecule has 0 atom stereocenters. The van der Waals surface area contributed by atoms with Crippen molar-refractivity contribution >= 4 is 0 Å². The minimum Gasteiger partial charge on any atom is -0.392 e. The Morgan fingerprint density at radius 1 is 0.212 bits per heavy atom. The average Bonchev–Trinajstić information content (AvgIpc) is 3.23. The van der Waals surface area contributed by atoms with Gasteiger partial charge >= 0.3 is 0 Å². The number of hydrogen-bond donors (Lipinski definition) is 2. The molecule has 30 rings (SSSR count). The highest BCUT2D eigenvalue weighted by Gasteiger charge is 2.12. The van der Waals surface area contributed by atoms with Crippen LogP contribution in [0.5, 0.6) is 0 Å². The molecule has 0 saturated carbocycles. The first-order valence-corrected chi connectivity index (χ1v) is 17.7. The molecule has 0 fully saturated rings. The molecule has 2 N–H and O–H groups in total. The lowest BCUT2D eigenvalue weighted by Gasteiger charge is -2.13. The van der Waals surface area contributed by atoms with Crippen LogP contribution in [0.1, 0.15) is 11.1 Å². The Balaban J connectivity index is 1.12. The largest absolute Gasteiger partial charge is 0.392 e.